The van der Waals surface area contributed by atoms with Crippen molar-refractivity contribution in [3.8, 4) is 6.01 Å². The molecule has 1 N–H and O–H groups in total. The molecule has 4 nitrogen and oxygen atoms in total. The van der Waals surface area contributed by atoms with Gasteiger partial charge >= 0.3 is 6.01 Å². The predicted octanol–water partition coefficient (Wildman–Crippen LogP) is 1.01. The van der Waals surface area contributed by atoms with Gasteiger partial charge in [0.15, 0.2) is 5.82 Å². The molecule has 58 valence electrons. The van der Waals surface area contributed by atoms with Gasteiger partial charge < -0.3 is 4.74 Å². The summed E-state index contributed by atoms with van der Waals surface area (Å²) < 4.78 is 4.78. The lowest BCUT2D eigenvalue weighted by Gasteiger charge is -1.90. The van der Waals surface area contributed by atoms with Gasteiger partial charge in [-0.15, -0.1) is 5.10 Å². The van der Waals surface area contributed by atoms with Gasteiger partial charge in [0.25, 0.3) is 0 Å². The molecular weight excluding hydrogens is 142 g/mol. The predicted molar refractivity (Wildman–Crippen MR) is 42.2 cm³/mol. The van der Waals surface area contributed by atoms with E-state index in [4.69, 9.17) is 4.74 Å². The molecule has 0 saturated heterocycles. The number of aromatic nitrogens is 3. The second kappa shape index (κ2) is 3.01. The molecule has 1 rings (SSSR count). The van der Waals surface area contributed by atoms with E-state index in [1.165, 1.54) is 7.11 Å². The van der Waals surface area contributed by atoms with E-state index in [1.54, 1.807) is 6.08 Å². The Morgan fingerprint density at radius 1 is 1.64 bits per heavy atom. The highest BCUT2D eigenvalue weighted by Crippen LogP contribution is 2.09. The molecule has 0 fully saturated rings. The Morgan fingerprint density at radius 3 is 2.82 bits per heavy atom. The lowest BCUT2D eigenvalue weighted by Crippen LogP contribution is -1.84. The first-order valence-electron chi connectivity index (χ1n) is 3.06. The Kier molecular flexibility index (Phi) is 2.06. The van der Waals surface area contributed by atoms with Crippen LogP contribution in [0.5, 0.6) is 6.01 Å². The fraction of sp³-hybridized carbons (Fsp3) is 0.143. The molecule has 0 aromatic carbocycles. The number of hydrogen-bond acceptors (Lipinski definition) is 3. The van der Waals surface area contributed by atoms with Crippen LogP contribution in [0.15, 0.2) is 19.2 Å². The highest BCUT2D eigenvalue weighted by atomic mass is 16.5. The smallest absolute Gasteiger partial charge is 0.314 e. The molecule has 0 atom stereocenters. The van der Waals surface area contributed by atoms with Gasteiger partial charge in [-0.05, 0) is 0 Å². The van der Waals surface area contributed by atoms with Crippen molar-refractivity contribution in [2.24, 2.45) is 0 Å². The SMILES string of the molecule is C=CC(=C)c1nnc(OC)[nH]1. The van der Waals surface area contributed by atoms with Crippen LogP contribution in [0.1, 0.15) is 5.82 Å². The first-order chi connectivity index (χ1) is 5.27. The van der Waals surface area contributed by atoms with E-state index in [0.29, 0.717) is 17.4 Å². The van der Waals surface area contributed by atoms with E-state index in [9.17, 15) is 0 Å². The summed E-state index contributed by atoms with van der Waals surface area (Å²) in [5, 5.41) is 7.42. The molecule has 0 spiro atoms. The van der Waals surface area contributed by atoms with Gasteiger partial charge in [0.2, 0.25) is 0 Å². The zero-order chi connectivity index (χ0) is 8.27. The molecule has 0 radical (unpaired) electrons. The van der Waals surface area contributed by atoms with Crippen LogP contribution < -0.4 is 4.74 Å². The van der Waals surface area contributed by atoms with Crippen LogP contribution in [0.2, 0.25) is 0 Å². The maximum absolute atomic E-state index is 4.78. The third kappa shape index (κ3) is 1.46. The molecular formula is C7H9N3O. The molecule has 4 heteroatoms. The van der Waals surface area contributed by atoms with Gasteiger partial charge in [-0.2, -0.15) is 0 Å². The monoisotopic (exact) mass is 151 g/mol. The van der Waals surface area contributed by atoms with Crippen molar-refractivity contribution in [1.29, 1.82) is 0 Å². The van der Waals surface area contributed by atoms with E-state index in [2.05, 4.69) is 28.3 Å². The van der Waals surface area contributed by atoms with Crippen molar-refractivity contribution in [1.82, 2.24) is 15.2 Å². The number of allylic oxidation sites excluding steroid dienone is 2. The van der Waals surface area contributed by atoms with E-state index in [1.807, 2.05) is 0 Å². The highest BCUT2D eigenvalue weighted by Gasteiger charge is 2.01. The molecule has 0 aliphatic rings. The lowest BCUT2D eigenvalue weighted by atomic mass is 10.3. The second-order valence-electron chi connectivity index (χ2n) is 1.91. The summed E-state index contributed by atoms with van der Waals surface area (Å²) in [6.07, 6.45) is 1.60. The normalized spacial score (nSPS) is 9.18. The van der Waals surface area contributed by atoms with Crippen LogP contribution in [0.3, 0.4) is 0 Å². The maximum Gasteiger partial charge on any atom is 0.314 e. The van der Waals surface area contributed by atoms with E-state index < -0.39 is 0 Å². The van der Waals surface area contributed by atoms with E-state index in [0.717, 1.165) is 0 Å². The number of aromatic amines is 1. The minimum absolute atomic E-state index is 0.378. The molecule has 0 saturated carbocycles. The fourth-order valence-electron chi connectivity index (χ4n) is 0.580. The largest absolute Gasteiger partial charge is 0.467 e. The highest BCUT2D eigenvalue weighted by molar-refractivity contribution is 5.66. The zero-order valence-corrected chi connectivity index (χ0v) is 6.29. The van der Waals surface area contributed by atoms with Crippen molar-refractivity contribution >= 4 is 5.57 Å². The number of H-pyrrole nitrogens is 1. The summed E-state index contributed by atoms with van der Waals surface area (Å²) in [5.74, 6) is 0.580. The number of nitrogens with one attached hydrogen (secondary N) is 1. The summed E-state index contributed by atoms with van der Waals surface area (Å²) in [5.41, 5.74) is 0.695. The molecule has 1 heterocycles. The maximum atomic E-state index is 4.78. The first kappa shape index (κ1) is 7.53. The molecule has 0 bridgehead atoms. The summed E-state index contributed by atoms with van der Waals surface area (Å²) >= 11 is 0. The number of rotatable bonds is 3. The Labute approximate surface area is 64.6 Å². The van der Waals surface area contributed by atoms with Crippen molar-refractivity contribution in [3.63, 3.8) is 0 Å². The van der Waals surface area contributed by atoms with Gasteiger partial charge in [-0.1, -0.05) is 24.3 Å². The van der Waals surface area contributed by atoms with Gasteiger partial charge in [-0.3, -0.25) is 4.98 Å². The van der Waals surface area contributed by atoms with Crippen LogP contribution in [0, 0.1) is 0 Å². The molecule has 0 amide bonds. The van der Waals surface area contributed by atoms with Crippen LogP contribution in [0.4, 0.5) is 0 Å². The van der Waals surface area contributed by atoms with Gasteiger partial charge in [0.05, 0.1) is 7.11 Å². The summed E-state index contributed by atoms with van der Waals surface area (Å²) in [6, 6.07) is 0.378. The van der Waals surface area contributed by atoms with Crippen LogP contribution >= 0.6 is 0 Å². The van der Waals surface area contributed by atoms with Gasteiger partial charge in [-0.25, -0.2) is 0 Å². The minimum atomic E-state index is 0.378. The molecule has 0 aliphatic heterocycles. The van der Waals surface area contributed by atoms with Crippen molar-refractivity contribution in [3.05, 3.63) is 25.1 Å². The van der Waals surface area contributed by atoms with Crippen LogP contribution in [-0.2, 0) is 0 Å². The first-order valence-corrected chi connectivity index (χ1v) is 3.06. The molecule has 0 aliphatic carbocycles. The number of hydrogen-bond donors (Lipinski definition) is 1. The zero-order valence-electron chi connectivity index (χ0n) is 6.29. The quantitative estimate of drug-likeness (QED) is 0.656. The lowest BCUT2D eigenvalue weighted by molar-refractivity contribution is 0.381. The Bertz CT molecular complexity index is 277. The molecule has 11 heavy (non-hydrogen) atoms. The molecule has 1 aromatic rings. The average Bonchev–Trinajstić information content (AvgIpc) is 2.50. The van der Waals surface area contributed by atoms with Crippen molar-refractivity contribution < 1.29 is 4.74 Å². The Morgan fingerprint density at radius 2 is 2.36 bits per heavy atom. The third-order valence-electron chi connectivity index (χ3n) is 1.21. The minimum Gasteiger partial charge on any atom is -0.467 e. The molecule has 1 aromatic heterocycles. The van der Waals surface area contributed by atoms with Gasteiger partial charge in [0, 0.05) is 5.57 Å². The average molecular weight is 151 g/mol. The van der Waals surface area contributed by atoms with Crippen molar-refractivity contribution in [2.45, 2.75) is 0 Å². The van der Waals surface area contributed by atoms with E-state index >= 15 is 0 Å². The fourth-order valence-corrected chi connectivity index (χ4v) is 0.580. The topological polar surface area (TPSA) is 50.8 Å². The van der Waals surface area contributed by atoms with Gasteiger partial charge in [0.1, 0.15) is 0 Å². The summed E-state index contributed by atoms with van der Waals surface area (Å²) in [4.78, 5) is 2.80. The Balaban J connectivity index is 2.88. The van der Waals surface area contributed by atoms with Crippen molar-refractivity contribution in [2.75, 3.05) is 7.11 Å². The second-order valence-corrected chi connectivity index (χ2v) is 1.91. The van der Waals surface area contributed by atoms with E-state index in [-0.39, 0.29) is 0 Å². The standard InChI is InChI=1S/C7H9N3O/c1-4-5(2)6-8-7(11-3)10-9-6/h4H,1-2H2,3H3,(H,8,9,10). The number of methoxy groups -OCH3 is 1. The summed E-state index contributed by atoms with van der Waals surface area (Å²) in [7, 11) is 1.51. The summed E-state index contributed by atoms with van der Waals surface area (Å²) in [6.45, 7) is 7.23. The Hall–Kier alpha value is -1.58. The molecule has 0 unspecified atom stereocenters. The van der Waals surface area contributed by atoms with Crippen LogP contribution in [-0.4, -0.2) is 22.3 Å². The van der Waals surface area contributed by atoms with Crippen LogP contribution in [0.25, 0.3) is 5.57 Å². The number of nitrogens with zero attached hydrogens (tertiary/aromatic N) is 2. The number of ether oxygens (including phenoxy) is 1. The third-order valence-corrected chi connectivity index (χ3v) is 1.21.